The van der Waals surface area contributed by atoms with Crippen molar-refractivity contribution in [3.8, 4) is 0 Å². The molecule has 1 aromatic rings. The molecule has 1 aliphatic rings. The van der Waals surface area contributed by atoms with E-state index in [0.717, 1.165) is 12.8 Å². The van der Waals surface area contributed by atoms with Crippen molar-refractivity contribution >= 4 is 17.7 Å². The third-order valence-electron chi connectivity index (χ3n) is 4.21. The van der Waals surface area contributed by atoms with Crippen molar-refractivity contribution in [1.82, 2.24) is 15.5 Å². The van der Waals surface area contributed by atoms with Gasteiger partial charge in [0.15, 0.2) is 0 Å². The van der Waals surface area contributed by atoms with Crippen molar-refractivity contribution in [3.63, 3.8) is 0 Å². The van der Waals surface area contributed by atoms with Crippen molar-refractivity contribution in [3.05, 3.63) is 35.9 Å². The van der Waals surface area contributed by atoms with Crippen LogP contribution >= 0.6 is 0 Å². The molecule has 1 fully saturated rings. The molecule has 0 aliphatic carbocycles. The average molecular weight is 331 g/mol. The Morgan fingerprint density at radius 3 is 2.38 bits per heavy atom. The molecule has 2 rings (SSSR count). The molecular weight excluding hydrogens is 306 g/mol. The number of nitrogens with zero attached hydrogens (tertiary/aromatic N) is 1. The quantitative estimate of drug-likeness (QED) is 0.854. The van der Waals surface area contributed by atoms with E-state index in [-0.39, 0.29) is 36.2 Å². The van der Waals surface area contributed by atoms with Crippen LogP contribution in [0, 0.1) is 0 Å². The van der Waals surface area contributed by atoms with Crippen LogP contribution in [0.4, 0.5) is 0 Å². The molecule has 3 amide bonds. The maximum Gasteiger partial charge on any atom is 0.251 e. The van der Waals surface area contributed by atoms with Gasteiger partial charge in [-0.05, 0) is 31.9 Å². The predicted octanol–water partition coefficient (Wildman–Crippen LogP) is 1.32. The van der Waals surface area contributed by atoms with Crippen LogP contribution in [0.15, 0.2) is 30.3 Å². The summed E-state index contributed by atoms with van der Waals surface area (Å²) in [6.45, 7) is 4.75. The average Bonchev–Trinajstić information content (AvgIpc) is 2.55. The summed E-state index contributed by atoms with van der Waals surface area (Å²) in [5, 5.41) is 5.83. The van der Waals surface area contributed by atoms with Crippen LogP contribution in [0.1, 0.15) is 43.5 Å². The van der Waals surface area contributed by atoms with E-state index in [1.807, 2.05) is 13.0 Å². The van der Waals surface area contributed by atoms with E-state index in [4.69, 9.17) is 0 Å². The molecule has 1 saturated heterocycles. The summed E-state index contributed by atoms with van der Waals surface area (Å²) in [7, 11) is 0. The number of carbonyl (C=O) groups excluding carboxylic acids is 3. The Hall–Kier alpha value is -2.37. The summed E-state index contributed by atoms with van der Waals surface area (Å²) in [5.41, 5.74) is 0.585. The number of hydrogen-bond donors (Lipinski definition) is 2. The van der Waals surface area contributed by atoms with Crippen molar-refractivity contribution < 1.29 is 14.4 Å². The first-order valence-electron chi connectivity index (χ1n) is 8.36. The lowest BCUT2D eigenvalue weighted by Crippen LogP contribution is -2.47. The number of rotatable bonds is 5. The monoisotopic (exact) mass is 331 g/mol. The highest BCUT2D eigenvalue weighted by Crippen LogP contribution is 2.10. The lowest BCUT2D eigenvalue weighted by atomic mass is 10.0. The maximum atomic E-state index is 12.1. The fourth-order valence-corrected chi connectivity index (χ4v) is 2.85. The van der Waals surface area contributed by atoms with Crippen LogP contribution in [0.25, 0.3) is 0 Å². The number of hydrogen-bond acceptors (Lipinski definition) is 3. The van der Waals surface area contributed by atoms with E-state index in [1.165, 1.54) is 0 Å². The normalized spacial score (nSPS) is 16.3. The van der Waals surface area contributed by atoms with E-state index in [1.54, 1.807) is 36.1 Å². The summed E-state index contributed by atoms with van der Waals surface area (Å²) >= 11 is 0. The second-order valence-electron chi connectivity index (χ2n) is 6.29. The van der Waals surface area contributed by atoms with Crippen molar-refractivity contribution in [2.45, 2.75) is 45.2 Å². The Morgan fingerprint density at radius 1 is 1.17 bits per heavy atom. The summed E-state index contributed by atoms with van der Waals surface area (Å²) < 4.78 is 0. The zero-order valence-corrected chi connectivity index (χ0v) is 14.2. The number of piperidine rings is 1. The van der Waals surface area contributed by atoms with Gasteiger partial charge in [0.25, 0.3) is 5.91 Å². The predicted molar refractivity (Wildman–Crippen MR) is 91.4 cm³/mol. The van der Waals surface area contributed by atoms with Gasteiger partial charge in [0.2, 0.25) is 11.8 Å². The molecular formula is C18H25N3O3. The molecule has 130 valence electrons. The van der Waals surface area contributed by atoms with E-state index in [9.17, 15) is 14.4 Å². The highest BCUT2D eigenvalue weighted by Gasteiger charge is 2.22. The second-order valence-corrected chi connectivity index (χ2v) is 6.29. The molecule has 1 unspecified atom stereocenters. The largest absolute Gasteiger partial charge is 0.353 e. The number of nitrogens with one attached hydrogen (secondary N) is 2. The third-order valence-corrected chi connectivity index (χ3v) is 4.21. The maximum absolute atomic E-state index is 12.1. The van der Waals surface area contributed by atoms with Crippen LogP contribution in [0.3, 0.4) is 0 Å². The topological polar surface area (TPSA) is 78.5 Å². The fraction of sp³-hybridized carbons (Fsp3) is 0.500. The molecule has 0 saturated carbocycles. The summed E-state index contributed by atoms with van der Waals surface area (Å²) in [5.74, 6) is -0.167. The Kier molecular flexibility index (Phi) is 6.35. The molecule has 1 atom stereocenters. The first-order chi connectivity index (χ1) is 11.5. The van der Waals surface area contributed by atoms with Crippen LogP contribution in [0.5, 0.6) is 0 Å². The van der Waals surface area contributed by atoms with Crippen molar-refractivity contribution in [1.29, 1.82) is 0 Å². The first kappa shape index (κ1) is 18.0. The van der Waals surface area contributed by atoms with Crippen LogP contribution in [-0.4, -0.2) is 47.8 Å². The van der Waals surface area contributed by atoms with E-state index in [0.29, 0.717) is 18.7 Å². The standard InChI is InChI=1S/C18H25N3O3/c1-13(19-18(24)15-6-4-3-5-7-15)12-17(23)20-16-8-10-21(11-9-16)14(2)22/h3-7,13,16H,8-12H2,1-2H3,(H,19,24)(H,20,23). The van der Waals surface area contributed by atoms with E-state index in [2.05, 4.69) is 10.6 Å². The molecule has 24 heavy (non-hydrogen) atoms. The molecule has 2 N–H and O–H groups in total. The van der Waals surface area contributed by atoms with Gasteiger partial charge in [0.05, 0.1) is 0 Å². The SMILES string of the molecule is CC(=O)N1CCC(NC(=O)CC(C)NC(=O)c2ccccc2)CC1. The Labute approximate surface area is 142 Å². The van der Waals surface area contributed by atoms with Crippen molar-refractivity contribution in [2.24, 2.45) is 0 Å². The molecule has 1 heterocycles. The van der Waals surface area contributed by atoms with Gasteiger partial charge in [-0.3, -0.25) is 14.4 Å². The van der Waals surface area contributed by atoms with Crippen LogP contribution in [-0.2, 0) is 9.59 Å². The molecule has 6 nitrogen and oxygen atoms in total. The molecule has 1 aromatic carbocycles. The molecule has 0 bridgehead atoms. The Balaban J connectivity index is 1.72. The smallest absolute Gasteiger partial charge is 0.251 e. The lowest BCUT2D eigenvalue weighted by molar-refractivity contribution is -0.130. The molecule has 6 heteroatoms. The lowest BCUT2D eigenvalue weighted by Gasteiger charge is -2.31. The van der Waals surface area contributed by atoms with E-state index < -0.39 is 0 Å². The minimum atomic E-state index is -0.241. The number of benzene rings is 1. The van der Waals surface area contributed by atoms with Crippen LogP contribution < -0.4 is 10.6 Å². The summed E-state index contributed by atoms with van der Waals surface area (Å²) in [6.07, 6.45) is 1.79. The van der Waals surface area contributed by atoms with Crippen molar-refractivity contribution in [2.75, 3.05) is 13.1 Å². The Bertz CT molecular complexity index is 580. The first-order valence-corrected chi connectivity index (χ1v) is 8.36. The van der Waals surface area contributed by atoms with Gasteiger partial charge in [0.1, 0.15) is 0 Å². The van der Waals surface area contributed by atoms with Crippen LogP contribution in [0.2, 0.25) is 0 Å². The van der Waals surface area contributed by atoms with Gasteiger partial charge in [-0.25, -0.2) is 0 Å². The minimum Gasteiger partial charge on any atom is -0.353 e. The minimum absolute atomic E-state index is 0.0721. The third kappa shape index (κ3) is 5.37. The number of likely N-dealkylation sites (tertiary alicyclic amines) is 1. The highest BCUT2D eigenvalue weighted by molar-refractivity contribution is 5.94. The molecule has 0 radical (unpaired) electrons. The van der Waals surface area contributed by atoms with Gasteiger partial charge >= 0.3 is 0 Å². The van der Waals surface area contributed by atoms with E-state index >= 15 is 0 Å². The zero-order valence-electron chi connectivity index (χ0n) is 14.2. The highest BCUT2D eigenvalue weighted by atomic mass is 16.2. The van der Waals surface area contributed by atoms with Gasteiger partial charge in [0, 0.05) is 44.1 Å². The van der Waals surface area contributed by atoms with Gasteiger partial charge < -0.3 is 15.5 Å². The summed E-state index contributed by atoms with van der Waals surface area (Å²) in [6, 6.07) is 8.81. The molecule has 0 spiro atoms. The summed E-state index contributed by atoms with van der Waals surface area (Å²) in [4.78, 5) is 37.2. The van der Waals surface area contributed by atoms with Gasteiger partial charge in [-0.2, -0.15) is 0 Å². The fourth-order valence-electron chi connectivity index (χ4n) is 2.85. The van der Waals surface area contributed by atoms with Gasteiger partial charge in [-0.1, -0.05) is 18.2 Å². The Morgan fingerprint density at radius 2 is 1.79 bits per heavy atom. The zero-order chi connectivity index (χ0) is 17.5. The molecule has 0 aromatic heterocycles. The second kappa shape index (κ2) is 8.47. The number of amides is 3. The number of carbonyl (C=O) groups is 3. The van der Waals surface area contributed by atoms with Gasteiger partial charge in [-0.15, -0.1) is 0 Å². The molecule has 1 aliphatic heterocycles.